The monoisotopic (exact) mass is 151 g/mol. The number of fused-ring (bicyclic) bond motifs is 2. The molecule has 0 aliphatic heterocycles. The SMILES string of the molecule is N#COCC12CCC(CC1)C2. The Labute approximate surface area is 67.2 Å². The second-order valence-electron chi connectivity index (χ2n) is 4.03. The molecule has 2 aliphatic rings. The van der Waals surface area contributed by atoms with E-state index in [1.165, 1.54) is 32.1 Å². The molecular weight excluding hydrogens is 138 g/mol. The largest absolute Gasteiger partial charge is 0.427 e. The third kappa shape index (κ3) is 1.09. The summed E-state index contributed by atoms with van der Waals surface area (Å²) in [6, 6.07) is 0. The molecule has 0 radical (unpaired) electrons. The Morgan fingerprint density at radius 2 is 2.18 bits per heavy atom. The first-order valence-corrected chi connectivity index (χ1v) is 4.36. The van der Waals surface area contributed by atoms with Crippen molar-refractivity contribution in [2.24, 2.45) is 11.3 Å². The number of hydrogen-bond donors (Lipinski definition) is 0. The summed E-state index contributed by atoms with van der Waals surface area (Å²) in [6.07, 6.45) is 8.41. The lowest BCUT2D eigenvalue weighted by Crippen LogP contribution is -2.20. The second kappa shape index (κ2) is 2.41. The number of nitriles is 1. The van der Waals surface area contributed by atoms with Gasteiger partial charge in [0.2, 0.25) is 0 Å². The Balaban J connectivity index is 1.95. The van der Waals surface area contributed by atoms with Crippen molar-refractivity contribution in [2.45, 2.75) is 32.1 Å². The first kappa shape index (κ1) is 6.97. The van der Waals surface area contributed by atoms with Gasteiger partial charge in [-0.05, 0) is 38.0 Å². The Morgan fingerprint density at radius 1 is 1.45 bits per heavy atom. The van der Waals surface area contributed by atoms with Crippen molar-refractivity contribution in [1.29, 1.82) is 5.26 Å². The molecule has 2 fully saturated rings. The van der Waals surface area contributed by atoms with Crippen molar-refractivity contribution < 1.29 is 4.74 Å². The quantitative estimate of drug-likeness (QED) is 0.566. The molecule has 0 saturated heterocycles. The summed E-state index contributed by atoms with van der Waals surface area (Å²) in [5.74, 6) is 0.956. The maximum absolute atomic E-state index is 8.28. The van der Waals surface area contributed by atoms with Gasteiger partial charge in [0.05, 0.1) is 0 Å². The molecular formula is C9H13NO. The van der Waals surface area contributed by atoms with Gasteiger partial charge in [-0.1, -0.05) is 0 Å². The van der Waals surface area contributed by atoms with Crippen LogP contribution in [0.3, 0.4) is 0 Å². The molecule has 60 valence electrons. The van der Waals surface area contributed by atoms with Crippen LogP contribution in [-0.4, -0.2) is 6.61 Å². The van der Waals surface area contributed by atoms with Crippen molar-refractivity contribution in [3.8, 4) is 6.26 Å². The average Bonchev–Trinajstić information content (AvgIpc) is 2.60. The summed E-state index contributed by atoms with van der Waals surface area (Å²) in [4.78, 5) is 0. The van der Waals surface area contributed by atoms with E-state index < -0.39 is 0 Å². The zero-order valence-corrected chi connectivity index (χ0v) is 6.68. The fourth-order valence-corrected chi connectivity index (χ4v) is 2.70. The van der Waals surface area contributed by atoms with E-state index in [9.17, 15) is 0 Å². The average molecular weight is 151 g/mol. The third-order valence-electron chi connectivity index (χ3n) is 3.33. The molecule has 2 aliphatic carbocycles. The van der Waals surface area contributed by atoms with Gasteiger partial charge < -0.3 is 4.74 Å². The molecule has 2 saturated carbocycles. The highest BCUT2D eigenvalue weighted by Crippen LogP contribution is 2.53. The van der Waals surface area contributed by atoms with E-state index in [0.29, 0.717) is 12.0 Å². The van der Waals surface area contributed by atoms with Crippen molar-refractivity contribution in [3.63, 3.8) is 0 Å². The molecule has 0 N–H and O–H groups in total. The highest BCUT2D eigenvalue weighted by molar-refractivity contribution is 4.95. The molecule has 0 atom stereocenters. The molecule has 0 spiro atoms. The first-order valence-electron chi connectivity index (χ1n) is 4.36. The Bertz CT molecular complexity index is 186. The Hall–Kier alpha value is -0.710. The molecule has 2 rings (SSSR count). The van der Waals surface area contributed by atoms with Gasteiger partial charge in [0.1, 0.15) is 6.61 Å². The van der Waals surface area contributed by atoms with Crippen LogP contribution in [0.4, 0.5) is 0 Å². The van der Waals surface area contributed by atoms with Gasteiger partial charge in [-0.3, -0.25) is 0 Å². The minimum absolute atomic E-state index is 0.417. The molecule has 2 nitrogen and oxygen atoms in total. The number of ether oxygens (including phenoxy) is 1. The topological polar surface area (TPSA) is 33.0 Å². The van der Waals surface area contributed by atoms with Crippen LogP contribution in [-0.2, 0) is 4.74 Å². The number of nitrogens with zero attached hydrogens (tertiary/aromatic N) is 1. The van der Waals surface area contributed by atoms with Crippen LogP contribution in [0.5, 0.6) is 0 Å². The Morgan fingerprint density at radius 3 is 2.64 bits per heavy atom. The molecule has 11 heavy (non-hydrogen) atoms. The standard InChI is InChI=1S/C9H13NO/c10-7-11-6-9-3-1-8(5-9)2-4-9/h8H,1-6H2. The lowest BCUT2D eigenvalue weighted by molar-refractivity contribution is 0.126. The van der Waals surface area contributed by atoms with Gasteiger partial charge in [-0.2, -0.15) is 5.26 Å². The van der Waals surface area contributed by atoms with E-state index in [0.717, 1.165) is 5.92 Å². The fraction of sp³-hybridized carbons (Fsp3) is 0.889. The molecule has 2 heteroatoms. The minimum atomic E-state index is 0.417. The molecule has 0 aromatic carbocycles. The zero-order chi connectivity index (χ0) is 7.73. The summed E-state index contributed by atoms with van der Waals surface area (Å²) in [6.45, 7) is 0.681. The molecule has 0 unspecified atom stereocenters. The zero-order valence-electron chi connectivity index (χ0n) is 6.68. The molecule has 0 heterocycles. The van der Waals surface area contributed by atoms with Crippen molar-refractivity contribution >= 4 is 0 Å². The van der Waals surface area contributed by atoms with Gasteiger partial charge in [-0.15, -0.1) is 0 Å². The molecule has 0 aromatic rings. The first-order chi connectivity index (χ1) is 5.35. The van der Waals surface area contributed by atoms with Crippen LogP contribution in [0.15, 0.2) is 0 Å². The van der Waals surface area contributed by atoms with Gasteiger partial charge >= 0.3 is 0 Å². The summed E-state index contributed by atoms with van der Waals surface area (Å²) in [5.41, 5.74) is 0.417. The van der Waals surface area contributed by atoms with Crippen LogP contribution in [0.1, 0.15) is 32.1 Å². The number of hydrogen-bond acceptors (Lipinski definition) is 2. The van der Waals surface area contributed by atoms with Crippen LogP contribution >= 0.6 is 0 Å². The fourth-order valence-electron chi connectivity index (χ4n) is 2.70. The van der Waals surface area contributed by atoms with Gasteiger partial charge in [0.25, 0.3) is 6.26 Å². The molecule has 0 aromatic heterocycles. The van der Waals surface area contributed by atoms with E-state index in [2.05, 4.69) is 0 Å². The maximum Gasteiger partial charge on any atom is 0.286 e. The lowest BCUT2D eigenvalue weighted by atomic mass is 9.85. The second-order valence-corrected chi connectivity index (χ2v) is 4.03. The van der Waals surface area contributed by atoms with Crippen molar-refractivity contribution in [1.82, 2.24) is 0 Å². The van der Waals surface area contributed by atoms with Crippen LogP contribution < -0.4 is 0 Å². The summed E-state index contributed by atoms with van der Waals surface area (Å²) in [5, 5.41) is 8.28. The van der Waals surface area contributed by atoms with E-state index in [1.807, 2.05) is 0 Å². The van der Waals surface area contributed by atoms with Gasteiger partial charge in [-0.25, -0.2) is 0 Å². The van der Waals surface area contributed by atoms with Crippen molar-refractivity contribution in [3.05, 3.63) is 0 Å². The van der Waals surface area contributed by atoms with E-state index in [1.54, 1.807) is 6.26 Å². The maximum atomic E-state index is 8.28. The summed E-state index contributed by atoms with van der Waals surface area (Å²) >= 11 is 0. The predicted octanol–water partition coefficient (Wildman–Crippen LogP) is 2.06. The van der Waals surface area contributed by atoms with E-state index in [-0.39, 0.29) is 0 Å². The van der Waals surface area contributed by atoms with Gasteiger partial charge in [0, 0.05) is 5.41 Å². The highest BCUT2D eigenvalue weighted by atomic mass is 16.5. The van der Waals surface area contributed by atoms with E-state index >= 15 is 0 Å². The third-order valence-corrected chi connectivity index (χ3v) is 3.33. The molecule has 2 bridgehead atoms. The molecule has 0 amide bonds. The summed E-state index contributed by atoms with van der Waals surface area (Å²) < 4.78 is 4.84. The normalized spacial score (nSPS) is 40.5. The van der Waals surface area contributed by atoms with Crippen LogP contribution in [0.2, 0.25) is 0 Å². The Kier molecular flexibility index (Phi) is 1.52. The van der Waals surface area contributed by atoms with Gasteiger partial charge in [0.15, 0.2) is 0 Å². The van der Waals surface area contributed by atoms with Crippen LogP contribution in [0.25, 0.3) is 0 Å². The smallest absolute Gasteiger partial charge is 0.286 e. The highest BCUT2D eigenvalue weighted by Gasteiger charge is 2.45. The van der Waals surface area contributed by atoms with E-state index in [4.69, 9.17) is 10.00 Å². The van der Waals surface area contributed by atoms with Crippen molar-refractivity contribution in [2.75, 3.05) is 6.61 Å². The van der Waals surface area contributed by atoms with Crippen LogP contribution in [0, 0.1) is 22.9 Å². The lowest BCUT2D eigenvalue weighted by Gasteiger charge is -2.23. The summed E-state index contributed by atoms with van der Waals surface area (Å²) in [7, 11) is 0. The predicted molar refractivity (Wildman–Crippen MR) is 40.6 cm³/mol. The number of rotatable bonds is 2. The minimum Gasteiger partial charge on any atom is -0.427 e.